The van der Waals surface area contributed by atoms with Gasteiger partial charge < -0.3 is 15.6 Å². The van der Waals surface area contributed by atoms with Crippen LogP contribution in [-0.4, -0.2) is 30.6 Å². The van der Waals surface area contributed by atoms with Crippen molar-refractivity contribution in [1.82, 2.24) is 15.6 Å². The predicted octanol–water partition coefficient (Wildman–Crippen LogP) is 2.35. The van der Waals surface area contributed by atoms with E-state index in [2.05, 4.69) is 51.9 Å². The van der Waals surface area contributed by atoms with Crippen molar-refractivity contribution in [2.45, 2.75) is 26.2 Å². The van der Waals surface area contributed by atoms with Crippen molar-refractivity contribution in [3.05, 3.63) is 35.5 Å². The first-order valence-electron chi connectivity index (χ1n) is 7.42. The van der Waals surface area contributed by atoms with Crippen molar-refractivity contribution in [3.63, 3.8) is 0 Å². The molecule has 4 nitrogen and oxygen atoms in total. The highest BCUT2D eigenvalue weighted by molar-refractivity contribution is 5.86. The van der Waals surface area contributed by atoms with E-state index < -0.39 is 0 Å². The number of aryl methyl sites for hydroxylation is 1. The standard InChI is InChI=1S/C16H22N4/c1-12-5-4-6-14-15(12)13(11-20-14)7-10-19-16-17-8-2-3-9-18-16/h4-6,11,20H,2-3,7-10H2,1H3,(H2,17,18,19). The number of fused-ring (bicyclic) bond motifs is 1. The molecule has 20 heavy (non-hydrogen) atoms. The van der Waals surface area contributed by atoms with Gasteiger partial charge in [0.15, 0.2) is 5.96 Å². The van der Waals surface area contributed by atoms with E-state index in [-0.39, 0.29) is 0 Å². The fraction of sp³-hybridized carbons (Fsp3) is 0.438. The zero-order chi connectivity index (χ0) is 13.8. The summed E-state index contributed by atoms with van der Waals surface area (Å²) in [5, 5.41) is 8.12. The number of H-pyrrole nitrogens is 1. The monoisotopic (exact) mass is 270 g/mol. The second-order valence-electron chi connectivity index (χ2n) is 5.35. The largest absolute Gasteiger partial charge is 0.361 e. The van der Waals surface area contributed by atoms with Crippen LogP contribution in [0.15, 0.2) is 29.4 Å². The molecule has 0 bridgehead atoms. The molecule has 0 atom stereocenters. The first kappa shape index (κ1) is 13.0. The molecule has 0 amide bonds. The zero-order valence-electron chi connectivity index (χ0n) is 12.0. The van der Waals surface area contributed by atoms with Gasteiger partial charge in [0.1, 0.15) is 0 Å². The van der Waals surface area contributed by atoms with Crippen molar-refractivity contribution in [1.29, 1.82) is 0 Å². The topological polar surface area (TPSA) is 52.2 Å². The van der Waals surface area contributed by atoms with Gasteiger partial charge in [-0.05, 0) is 43.4 Å². The lowest BCUT2D eigenvalue weighted by Crippen LogP contribution is -2.38. The molecule has 4 heteroatoms. The summed E-state index contributed by atoms with van der Waals surface area (Å²) in [5.74, 6) is 0.957. The van der Waals surface area contributed by atoms with Crippen molar-refractivity contribution in [3.8, 4) is 0 Å². The number of benzene rings is 1. The summed E-state index contributed by atoms with van der Waals surface area (Å²) in [6.45, 7) is 5.04. The molecule has 0 saturated heterocycles. The summed E-state index contributed by atoms with van der Waals surface area (Å²) in [5.41, 5.74) is 3.94. The number of rotatable bonds is 3. The van der Waals surface area contributed by atoms with Crippen LogP contribution < -0.4 is 10.6 Å². The number of guanidine groups is 1. The lowest BCUT2D eigenvalue weighted by atomic mass is 10.1. The van der Waals surface area contributed by atoms with Gasteiger partial charge in [-0.15, -0.1) is 0 Å². The molecular weight excluding hydrogens is 248 g/mol. The van der Waals surface area contributed by atoms with Gasteiger partial charge in [-0.25, -0.2) is 0 Å². The molecule has 106 valence electrons. The van der Waals surface area contributed by atoms with Crippen LogP contribution in [0.5, 0.6) is 0 Å². The number of hydrogen-bond acceptors (Lipinski definition) is 3. The van der Waals surface area contributed by atoms with Crippen molar-refractivity contribution < 1.29 is 0 Å². The lowest BCUT2D eigenvalue weighted by molar-refractivity contribution is 0.741. The Balaban J connectivity index is 1.64. The summed E-state index contributed by atoms with van der Waals surface area (Å²) in [4.78, 5) is 7.86. The normalized spacial score (nSPS) is 15.6. The summed E-state index contributed by atoms with van der Waals surface area (Å²) in [6.07, 6.45) is 5.52. The van der Waals surface area contributed by atoms with E-state index in [1.807, 2.05) is 0 Å². The van der Waals surface area contributed by atoms with E-state index in [0.29, 0.717) is 0 Å². The minimum Gasteiger partial charge on any atom is -0.361 e. The van der Waals surface area contributed by atoms with E-state index in [0.717, 1.165) is 32.0 Å². The maximum atomic E-state index is 4.51. The van der Waals surface area contributed by atoms with E-state index in [9.17, 15) is 0 Å². The first-order valence-corrected chi connectivity index (χ1v) is 7.42. The first-order chi connectivity index (χ1) is 9.84. The highest BCUT2D eigenvalue weighted by atomic mass is 15.2. The minimum atomic E-state index is 0.910. The highest BCUT2D eigenvalue weighted by Gasteiger charge is 2.07. The van der Waals surface area contributed by atoms with E-state index in [4.69, 9.17) is 0 Å². The molecule has 1 aromatic heterocycles. The average Bonchev–Trinajstić information content (AvgIpc) is 2.69. The average molecular weight is 270 g/mol. The summed E-state index contributed by atoms with van der Waals surface area (Å²) in [7, 11) is 0. The molecule has 2 heterocycles. The van der Waals surface area contributed by atoms with Gasteiger partial charge in [-0.3, -0.25) is 4.99 Å². The summed E-state index contributed by atoms with van der Waals surface area (Å²) >= 11 is 0. The van der Waals surface area contributed by atoms with Gasteiger partial charge in [-0.2, -0.15) is 0 Å². The quantitative estimate of drug-likeness (QED) is 0.802. The second kappa shape index (κ2) is 5.99. The van der Waals surface area contributed by atoms with Gasteiger partial charge in [0.25, 0.3) is 0 Å². The van der Waals surface area contributed by atoms with Gasteiger partial charge >= 0.3 is 0 Å². The van der Waals surface area contributed by atoms with Crippen LogP contribution in [0.2, 0.25) is 0 Å². The number of hydrogen-bond donors (Lipinski definition) is 3. The maximum Gasteiger partial charge on any atom is 0.191 e. The molecular formula is C16H22N4. The van der Waals surface area contributed by atoms with E-state index in [1.54, 1.807) is 0 Å². The van der Waals surface area contributed by atoms with Crippen LogP contribution in [-0.2, 0) is 6.42 Å². The molecule has 1 aromatic carbocycles. The number of aromatic nitrogens is 1. The van der Waals surface area contributed by atoms with Crippen LogP contribution in [0.3, 0.4) is 0 Å². The Labute approximate surface area is 119 Å². The molecule has 0 unspecified atom stereocenters. The molecule has 3 N–H and O–H groups in total. The molecule has 2 aromatic rings. The third-order valence-electron chi connectivity index (χ3n) is 3.83. The van der Waals surface area contributed by atoms with Gasteiger partial charge in [0.2, 0.25) is 0 Å². The SMILES string of the molecule is Cc1cccc2[nH]cc(CCNC3=NCCCCN3)c12. The Hall–Kier alpha value is -1.97. The molecule has 0 radical (unpaired) electrons. The van der Waals surface area contributed by atoms with Crippen molar-refractivity contribution >= 4 is 16.9 Å². The fourth-order valence-corrected chi connectivity index (χ4v) is 2.77. The van der Waals surface area contributed by atoms with Gasteiger partial charge in [-0.1, -0.05) is 12.1 Å². The molecule has 0 saturated carbocycles. The number of nitrogens with zero attached hydrogens (tertiary/aromatic N) is 1. The van der Waals surface area contributed by atoms with Crippen LogP contribution >= 0.6 is 0 Å². The van der Waals surface area contributed by atoms with Crippen molar-refractivity contribution in [2.75, 3.05) is 19.6 Å². The summed E-state index contributed by atoms with van der Waals surface area (Å²) in [6, 6.07) is 6.40. The van der Waals surface area contributed by atoms with E-state index in [1.165, 1.54) is 34.9 Å². The van der Waals surface area contributed by atoms with Crippen molar-refractivity contribution in [2.24, 2.45) is 4.99 Å². The van der Waals surface area contributed by atoms with Crippen LogP contribution in [0.1, 0.15) is 24.0 Å². The van der Waals surface area contributed by atoms with Gasteiger partial charge in [0, 0.05) is 36.7 Å². The number of nitrogens with one attached hydrogen (secondary N) is 3. The maximum absolute atomic E-state index is 4.51. The Morgan fingerprint density at radius 2 is 2.25 bits per heavy atom. The highest BCUT2D eigenvalue weighted by Crippen LogP contribution is 2.22. The second-order valence-corrected chi connectivity index (χ2v) is 5.35. The van der Waals surface area contributed by atoms with Gasteiger partial charge in [0.05, 0.1) is 0 Å². The zero-order valence-corrected chi connectivity index (χ0v) is 12.0. The Kier molecular flexibility index (Phi) is 3.90. The minimum absolute atomic E-state index is 0.910. The Bertz CT molecular complexity index is 612. The van der Waals surface area contributed by atoms with E-state index >= 15 is 0 Å². The molecule has 0 spiro atoms. The van der Waals surface area contributed by atoms with Crippen LogP contribution in [0.4, 0.5) is 0 Å². The molecule has 0 fully saturated rings. The fourth-order valence-electron chi connectivity index (χ4n) is 2.77. The smallest absolute Gasteiger partial charge is 0.191 e. The molecule has 1 aliphatic rings. The Morgan fingerprint density at radius 3 is 3.20 bits per heavy atom. The van der Waals surface area contributed by atoms with Crippen LogP contribution in [0.25, 0.3) is 10.9 Å². The summed E-state index contributed by atoms with van der Waals surface area (Å²) < 4.78 is 0. The molecule has 1 aliphatic heterocycles. The Morgan fingerprint density at radius 1 is 1.30 bits per heavy atom. The number of aromatic amines is 1. The molecule has 3 rings (SSSR count). The molecule has 0 aliphatic carbocycles. The van der Waals surface area contributed by atoms with Crippen LogP contribution in [0, 0.1) is 6.92 Å². The number of aliphatic imine (C=N–C) groups is 1. The lowest BCUT2D eigenvalue weighted by Gasteiger charge is -2.09. The third kappa shape index (κ3) is 2.79. The predicted molar refractivity (Wildman–Crippen MR) is 84.3 cm³/mol. The third-order valence-corrected chi connectivity index (χ3v) is 3.83.